The van der Waals surface area contributed by atoms with Gasteiger partial charge in [-0.2, -0.15) is 0 Å². The molecule has 0 unspecified atom stereocenters. The molecule has 0 bridgehead atoms. The molecule has 2 aromatic carbocycles. The first-order valence-electron chi connectivity index (χ1n) is 8.08. The van der Waals surface area contributed by atoms with Crippen LogP contribution in [0.15, 0.2) is 42.5 Å². The average molecular weight is 333 g/mol. The van der Waals surface area contributed by atoms with E-state index >= 15 is 0 Å². The van der Waals surface area contributed by atoms with Gasteiger partial charge in [0.1, 0.15) is 6.67 Å². The summed E-state index contributed by atoms with van der Waals surface area (Å²) >= 11 is 0. The number of alkyl halides is 1. The Balaban J connectivity index is 0.00000156. The van der Waals surface area contributed by atoms with Crippen LogP contribution in [-0.4, -0.2) is 37.8 Å². The predicted octanol–water partition coefficient (Wildman–Crippen LogP) is 3.60. The zero-order chi connectivity index (χ0) is 14.9. The molecule has 0 amide bonds. The number of nitrogens with zero attached hydrogens (tertiary/aromatic N) is 1. The number of nitrogens with one attached hydrogen (secondary N) is 1. The predicted molar refractivity (Wildman–Crippen MR) is 95.1 cm³/mol. The van der Waals surface area contributed by atoms with E-state index in [1.165, 1.54) is 22.3 Å². The Kier molecular flexibility index (Phi) is 5.00. The van der Waals surface area contributed by atoms with Crippen LogP contribution in [0.2, 0.25) is 0 Å². The van der Waals surface area contributed by atoms with Gasteiger partial charge in [0.15, 0.2) is 0 Å². The third kappa shape index (κ3) is 3.01. The molecule has 1 fully saturated rings. The molecule has 1 aliphatic carbocycles. The van der Waals surface area contributed by atoms with Gasteiger partial charge in [-0.3, -0.25) is 4.90 Å². The van der Waals surface area contributed by atoms with Gasteiger partial charge in [-0.05, 0) is 34.2 Å². The van der Waals surface area contributed by atoms with E-state index in [2.05, 4.69) is 52.7 Å². The van der Waals surface area contributed by atoms with Crippen molar-refractivity contribution < 1.29 is 4.39 Å². The highest BCUT2D eigenvalue weighted by molar-refractivity contribution is 5.85. The number of halogens is 2. The van der Waals surface area contributed by atoms with Crippen LogP contribution in [0.4, 0.5) is 4.39 Å². The van der Waals surface area contributed by atoms with E-state index in [0.29, 0.717) is 0 Å². The summed E-state index contributed by atoms with van der Waals surface area (Å²) in [5.41, 5.74) is 6.50. The minimum atomic E-state index is -0.314. The van der Waals surface area contributed by atoms with Crippen molar-refractivity contribution in [2.45, 2.75) is 12.5 Å². The molecule has 0 radical (unpaired) electrons. The number of fused-ring (bicyclic) bond motifs is 3. The smallest absolute Gasteiger partial charge is 0.109 e. The largest absolute Gasteiger partial charge is 0.314 e. The van der Waals surface area contributed by atoms with Crippen LogP contribution < -0.4 is 5.32 Å². The van der Waals surface area contributed by atoms with E-state index < -0.39 is 0 Å². The van der Waals surface area contributed by atoms with Crippen molar-refractivity contribution >= 4 is 12.4 Å². The lowest BCUT2D eigenvalue weighted by molar-refractivity contribution is 0.147. The van der Waals surface area contributed by atoms with Gasteiger partial charge in [0.05, 0.1) is 6.04 Å². The van der Waals surface area contributed by atoms with Crippen molar-refractivity contribution in [3.63, 3.8) is 0 Å². The number of rotatable bonds is 3. The summed E-state index contributed by atoms with van der Waals surface area (Å²) < 4.78 is 13.7. The normalized spacial score (nSPS) is 18.0. The lowest BCUT2D eigenvalue weighted by Crippen LogP contribution is -2.45. The summed E-state index contributed by atoms with van der Waals surface area (Å²) in [6.07, 6.45) is 0.972. The maximum absolute atomic E-state index is 13.7. The zero-order valence-electron chi connectivity index (χ0n) is 13.1. The monoisotopic (exact) mass is 332 g/mol. The van der Waals surface area contributed by atoms with E-state index in [-0.39, 0.29) is 25.1 Å². The highest BCUT2D eigenvalue weighted by Gasteiger charge is 2.24. The molecule has 2 aromatic rings. The standard InChI is InChI=1S/C19H21FN2.ClH/c20-13-19(22-9-7-21-8-10-22)15-5-6-18-16(12-15)11-14-3-1-2-4-17(14)18;/h1-6,12,19,21H,7-11,13H2;1H/t19-;/m1./s1. The van der Waals surface area contributed by atoms with Gasteiger partial charge in [0.2, 0.25) is 0 Å². The Morgan fingerprint density at radius 1 is 1.00 bits per heavy atom. The first-order valence-corrected chi connectivity index (χ1v) is 8.08. The van der Waals surface area contributed by atoms with Crippen LogP contribution in [0.3, 0.4) is 0 Å². The van der Waals surface area contributed by atoms with Crippen LogP contribution >= 0.6 is 12.4 Å². The Morgan fingerprint density at radius 3 is 2.52 bits per heavy atom. The Morgan fingerprint density at radius 2 is 1.74 bits per heavy atom. The molecule has 23 heavy (non-hydrogen) atoms. The second-order valence-electron chi connectivity index (χ2n) is 6.21. The summed E-state index contributed by atoms with van der Waals surface area (Å²) in [6.45, 7) is 3.43. The molecular formula is C19H22ClFN2. The summed E-state index contributed by atoms with van der Waals surface area (Å²) in [4.78, 5) is 2.26. The van der Waals surface area contributed by atoms with Crippen LogP contribution in [0.1, 0.15) is 22.7 Å². The Hall–Kier alpha value is -1.42. The molecule has 1 aliphatic heterocycles. The van der Waals surface area contributed by atoms with Gasteiger partial charge in [0, 0.05) is 26.2 Å². The fourth-order valence-corrected chi connectivity index (χ4v) is 3.76. The first-order chi connectivity index (χ1) is 10.9. The molecule has 0 saturated carbocycles. The van der Waals surface area contributed by atoms with Crippen LogP contribution in [0.5, 0.6) is 0 Å². The van der Waals surface area contributed by atoms with Crippen molar-refractivity contribution in [2.75, 3.05) is 32.9 Å². The topological polar surface area (TPSA) is 15.3 Å². The Labute approximate surface area is 143 Å². The summed E-state index contributed by atoms with van der Waals surface area (Å²) in [7, 11) is 0. The molecule has 2 nitrogen and oxygen atoms in total. The summed E-state index contributed by atoms with van der Waals surface area (Å²) in [6, 6.07) is 15.0. The molecule has 4 rings (SSSR count). The number of hydrogen-bond donors (Lipinski definition) is 1. The van der Waals surface area contributed by atoms with E-state index in [1.807, 2.05) is 0 Å². The number of piperazine rings is 1. The second-order valence-corrected chi connectivity index (χ2v) is 6.21. The number of hydrogen-bond acceptors (Lipinski definition) is 2. The van der Waals surface area contributed by atoms with E-state index in [9.17, 15) is 4.39 Å². The SMILES string of the molecule is Cl.FC[C@H](c1ccc2c(c1)Cc1ccccc1-2)N1CCNCC1. The quantitative estimate of drug-likeness (QED) is 0.788. The van der Waals surface area contributed by atoms with Gasteiger partial charge in [-0.15, -0.1) is 12.4 Å². The molecule has 1 saturated heterocycles. The molecular weight excluding hydrogens is 311 g/mol. The highest BCUT2D eigenvalue weighted by atomic mass is 35.5. The average Bonchev–Trinajstić information content (AvgIpc) is 2.94. The van der Waals surface area contributed by atoms with Crippen molar-refractivity contribution in [3.8, 4) is 11.1 Å². The fourth-order valence-electron chi connectivity index (χ4n) is 3.76. The molecule has 1 heterocycles. The van der Waals surface area contributed by atoms with Gasteiger partial charge in [-0.1, -0.05) is 42.5 Å². The van der Waals surface area contributed by atoms with Crippen LogP contribution in [-0.2, 0) is 6.42 Å². The molecule has 2 aliphatic rings. The highest BCUT2D eigenvalue weighted by Crippen LogP contribution is 2.38. The van der Waals surface area contributed by atoms with Gasteiger partial charge in [0.25, 0.3) is 0 Å². The van der Waals surface area contributed by atoms with Gasteiger partial charge < -0.3 is 5.32 Å². The lowest BCUT2D eigenvalue weighted by Gasteiger charge is -2.33. The third-order valence-electron chi connectivity index (χ3n) is 4.94. The molecule has 0 aromatic heterocycles. The van der Waals surface area contributed by atoms with Crippen molar-refractivity contribution in [2.24, 2.45) is 0 Å². The van der Waals surface area contributed by atoms with E-state index in [1.54, 1.807) is 0 Å². The Bertz CT molecular complexity index is 683. The van der Waals surface area contributed by atoms with Gasteiger partial charge in [-0.25, -0.2) is 4.39 Å². The van der Waals surface area contributed by atoms with Crippen molar-refractivity contribution in [3.05, 3.63) is 59.2 Å². The minimum Gasteiger partial charge on any atom is -0.314 e. The van der Waals surface area contributed by atoms with E-state index in [0.717, 1.165) is 38.2 Å². The fraction of sp³-hybridized carbons (Fsp3) is 0.368. The third-order valence-corrected chi connectivity index (χ3v) is 4.94. The van der Waals surface area contributed by atoms with Gasteiger partial charge >= 0.3 is 0 Å². The lowest BCUT2D eigenvalue weighted by atomic mass is 9.99. The zero-order valence-corrected chi connectivity index (χ0v) is 13.9. The van der Waals surface area contributed by atoms with Crippen molar-refractivity contribution in [1.82, 2.24) is 10.2 Å². The van der Waals surface area contributed by atoms with Crippen LogP contribution in [0, 0.1) is 0 Å². The molecule has 1 atom stereocenters. The maximum atomic E-state index is 13.7. The molecule has 1 N–H and O–H groups in total. The number of benzene rings is 2. The van der Waals surface area contributed by atoms with Crippen molar-refractivity contribution in [1.29, 1.82) is 0 Å². The maximum Gasteiger partial charge on any atom is 0.109 e. The molecule has 122 valence electrons. The second kappa shape index (κ2) is 7.00. The molecule has 4 heteroatoms. The molecule has 0 spiro atoms. The first kappa shape index (κ1) is 16.4. The summed E-state index contributed by atoms with van der Waals surface area (Å²) in [5.74, 6) is 0. The summed E-state index contributed by atoms with van der Waals surface area (Å²) in [5, 5.41) is 3.33. The van der Waals surface area contributed by atoms with E-state index in [4.69, 9.17) is 0 Å². The minimum absolute atomic E-state index is 0. The van der Waals surface area contributed by atoms with Crippen LogP contribution in [0.25, 0.3) is 11.1 Å².